The van der Waals surface area contributed by atoms with Crippen molar-refractivity contribution in [3.63, 3.8) is 0 Å². The number of hydrogen-bond acceptors (Lipinski definition) is 10. The summed E-state index contributed by atoms with van der Waals surface area (Å²) in [6.07, 6.45) is 1.16. The van der Waals surface area contributed by atoms with Crippen LogP contribution in [0.2, 0.25) is 0 Å². The number of carbonyl (C=O) groups excluding carboxylic acids is 1. The van der Waals surface area contributed by atoms with Crippen molar-refractivity contribution in [2.24, 2.45) is 0 Å². The van der Waals surface area contributed by atoms with E-state index < -0.39 is 6.29 Å². The summed E-state index contributed by atoms with van der Waals surface area (Å²) in [5, 5.41) is 21.6. The third-order valence-corrected chi connectivity index (χ3v) is 8.72. The Bertz CT molecular complexity index is 1660. The van der Waals surface area contributed by atoms with Gasteiger partial charge >= 0.3 is 0 Å². The summed E-state index contributed by atoms with van der Waals surface area (Å²) in [7, 11) is 0. The zero-order valence-corrected chi connectivity index (χ0v) is 23.8. The zero-order valence-electron chi connectivity index (χ0n) is 22.1. The quantitative estimate of drug-likeness (QED) is 0.215. The lowest BCUT2D eigenvalue weighted by Gasteiger charge is -2.36. The molecule has 9 nitrogen and oxygen atoms in total. The number of benzene rings is 3. The van der Waals surface area contributed by atoms with Crippen molar-refractivity contribution >= 4 is 45.7 Å². The number of ether oxygens (including phenoxy) is 2. The monoisotopic (exact) mass is 585 g/mol. The van der Waals surface area contributed by atoms with Gasteiger partial charge in [0.1, 0.15) is 10.7 Å². The molecule has 0 radical (unpaired) electrons. The summed E-state index contributed by atoms with van der Waals surface area (Å²) in [5.41, 5.74) is 4.85. The van der Waals surface area contributed by atoms with Crippen molar-refractivity contribution in [3.05, 3.63) is 106 Å². The van der Waals surface area contributed by atoms with Crippen LogP contribution in [-0.2, 0) is 16.1 Å². The highest BCUT2D eigenvalue weighted by Gasteiger charge is 2.32. The summed E-state index contributed by atoms with van der Waals surface area (Å²) in [4.78, 5) is 21.8. The van der Waals surface area contributed by atoms with E-state index in [1.165, 1.54) is 6.20 Å². The fourth-order valence-corrected chi connectivity index (χ4v) is 6.41. The second-order valence-corrected chi connectivity index (χ2v) is 12.0. The second-order valence-electron chi connectivity index (χ2n) is 9.57. The summed E-state index contributed by atoms with van der Waals surface area (Å²) < 4.78 is 13.8. The van der Waals surface area contributed by atoms with Crippen molar-refractivity contribution in [1.82, 2.24) is 20.2 Å². The normalized spacial score (nSPS) is 18.8. The number of rotatable bonds is 8. The zero-order chi connectivity index (χ0) is 28.2. The number of carbonyl (C=O) groups is 1. The molecule has 3 atom stereocenters. The Kier molecular flexibility index (Phi) is 8.31. The molecular formula is C30H27N5O4S2. The molecule has 1 amide bonds. The topological polar surface area (TPSA) is 119 Å². The average molecular weight is 586 g/mol. The van der Waals surface area contributed by atoms with Crippen LogP contribution in [0.5, 0.6) is 0 Å². The number of anilines is 1. The first-order valence-corrected chi connectivity index (χ1v) is 14.9. The molecule has 0 unspecified atom stereocenters. The van der Waals surface area contributed by atoms with Crippen LogP contribution in [0.1, 0.15) is 51.0 Å². The van der Waals surface area contributed by atoms with Crippen molar-refractivity contribution in [2.45, 2.75) is 42.8 Å². The molecule has 1 fully saturated rings. The van der Waals surface area contributed by atoms with E-state index in [2.05, 4.69) is 25.5 Å². The molecule has 2 N–H and O–H groups in total. The molecule has 0 saturated carbocycles. The SMILES string of the molecule is Cc1nnc(SC[C@H]2C[C@@H](c3ccc(CO)cc3)O[C@@H](c3cccc(NC(=O)c4cnc5ccccc5n4)c3)O2)s1. The summed E-state index contributed by atoms with van der Waals surface area (Å²) >= 11 is 3.18. The van der Waals surface area contributed by atoms with Crippen LogP contribution in [0.15, 0.2) is 83.3 Å². The number of hydrogen-bond donors (Lipinski definition) is 2. The number of nitrogens with one attached hydrogen (secondary N) is 1. The second kappa shape index (κ2) is 12.4. The van der Waals surface area contributed by atoms with Crippen molar-refractivity contribution in [1.29, 1.82) is 0 Å². The first-order chi connectivity index (χ1) is 20.0. The van der Waals surface area contributed by atoms with E-state index in [1.54, 1.807) is 23.1 Å². The average Bonchev–Trinajstić information content (AvgIpc) is 3.44. The molecule has 1 aliphatic rings. The number of nitrogens with zero attached hydrogens (tertiary/aromatic N) is 4. The number of aryl methyl sites for hydroxylation is 1. The van der Waals surface area contributed by atoms with Crippen molar-refractivity contribution in [3.8, 4) is 0 Å². The molecule has 1 saturated heterocycles. The van der Waals surface area contributed by atoms with Gasteiger partial charge in [-0.15, -0.1) is 10.2 Å². The molecule has 1 aliphatic heterocycles. The van der Waals surface area contributed by atoms with E-state index in [1.807, 2.05) is 79.7 Å². The van der Waals surface area contributed by atoms with Crippen LogP contribution >= 0.6 is 23.1 Å². The number of fused-ring (bicyclic) bond motifs is 1. The van der Waals surface area contributed by atoms with Crippen LogP contribution in [0.25, 0.3) is 11.0 Å². The molecule has 41 heavy (non-hydrogen) atoms. The largest absolute Gasteiger partial charge is 0.392 e. The van der Waals surface area contributed by atoms with Gasteiger partial charge in [-0.3, -0.25) is 9.78 Å². The first-order valence-electron chi connectivity index (χ1n) is 13.1. The number of amides is 1. The highest BCUT2D eigenvalue weighted by atomic mass is 32.2. The van der Waals surface area contributed by atoms with Crippen LogP contribution < -0.4 is 5.32 Å². The van der Waals surface area contributed by atoms with Crippen LogP contribution in [0, 0.1) is 6.92 Å². The summed E-state index contributed by atoms with van der Waals surface area (Å²) in [6, 6.07) is 22.7. The molecule has 5 aromatic rings. The van der Waals surface area contributed by atoms with Gasteiger partial charge < -0.3 is 19.9 Å². The van der Waals surface area contributed by atoms with Gasteiger partial charge in [-0.1, -0.05) is 71.6 Å². The first kappa shape index (κ1) is 27.4. The van der Waals surface area contributed by atoms with Gasteiger partial charge in [0.2, 0.25) is 0 Å². The minimum absolute atomic E-state index is 0.0125. The van der Waals surface area contributed by atoms with Crippen molar-refractivity contribution in [2.75, 3.05) is 11.1 Å². The van der Waals surface area contributed by atoms with Gasteiger partial charge in [-0.05, 0) is 42.3 Å². The Morgan fingerprint density at radius 1 is 1.02 bits per heavy atom. The molecule has 208 valence electrons. The molecule has 3 aromatic carbocycles. The Morgan fingerprint density at radius 2 is 1.85 bits per heavy atom. The Labute approximate surface area is 245 Å². The number of aliphatic hydroxyl groups excluding tert-OH is 1. The lowest BCUT2D eigenvalue weighted by Crippen LogP contribution is -2.31. The minimum Gasteiger partial charge on any atom is -0.392 e. The smallest absolute Gasteiger partial charge is 0.275 e. The predicted molar refractivity (Wildman–Crippen MR) is 158 cm³/mol. The van der Waals surface area contributed by atoms with E-state index in [9.17, 15) is 9.90 Å². The van der Waals surface area contributed by atoms with E-state index >= 15 is 0 Å². The maximum atomic E-state index is 13.0. The third-order valence-electron chi connectivity index (χ3n) is 6.61. The molecule has 2 aromatic heterocycles. The van der Waals surface area contributed by atoms with E-state index in [4.69, 9.17) is 9.47 Å². The van der Waals surface area contributed by atoms with Crippen molar-refractivity contribution < 1.29 is 19.4 Å². The number of thioether (sulfide) groups is 1. The van der Waals surface area contributed by atoms with Crippen LogP contribution in [0.4, 0.5) is 5.69 Å². The molecule has 0 aliphatic carbocycles. The molecule has 11 heteroatoms. The maximum absolute atomic E-state index is 13.0. The Hall–Kier alpha value is -3.74. The standard InChI is InChI=1S/C30H27N5O4S2/c1-18-34-35-30(41-18)40-17-23-14-27(20-11-9-19(16-36)10-12-20)39-29(38-23)21-5-4-6-22(13-21)32-28(37)26-15-31-24-7-2-3-8-25(24)33-26/h2-13,15,23,27,29,36H,14,16-17H2,1H3,(H,32,37)/t23-,27+,29+/m1/s1. The number of aliphatic hydroxyl groups is 1. The molecule has 6 rings (SSSR count). The van der Waals surface area contributed by atoms with E-state index in [0.29, 0.717) is 23.4 Å². The number of aromatic nitrogens is 4. The Balaban J connectivity index is 1.21. The molecule has 3 heterocycles. The van der Waals surface area contributed by atoms with Gasteiger partial charge in [-0.2, -0.15) is 0 Å². The highest BCUT2D eigenvalue weighted by molar-refractivity contribution is 8.01. The Morgan fingerprint density at radius 3 is 2.63 bits per heavy atom. The fourth-order valence-electron chi connectivity index (χ4n) is 4.55. The van der Waals surface area contributed by atoms with Gasteiger partial charge in [0, 0.05) is 23.4 Å². The van der Waals surface area contributed by atoms with Gasteiger partial charge in [-0.25, -0.2) is 4.98 Å². The van der Waals surface area contributed by atoms with Gasteiger partial charge in [0.05, 0.1) is 36.0 Å². The minimum atomic E-state index is -0.648. The molecular weight excluding hydrogens is 558 g/mol. The van der Waals surface area contributed by atoms with Gasteiger partial charge in [0.15, 0.2) is 10.6 Å². The summed E-state index contributed by atoms with van der Waals surface area (Å²) in [6.45, 7) is 1.93. The predicted octanol–water partition coefficient (Wildman–Crippen LogP) is 5.87. The summed E-state index contributed by atoms with van der Waals surface area (Å²) in [5.74, 6) is 0.339. The van der Waals surface area contributed by atoms with E-state index in [-0.39, 0.29) is 30.4 Å². The lowest BCUT2D eigenvalue weighted by molar-refractivity contribution is -0.245. The molecule has 0 spiro atoms. The van der Waals surface area contributed by atoms with Crippen LogP contribution in [0.3, 0.4) is 0 Å². The fraction of sp³-hybridized carbons (Fsp3) is 0.233. The maximum Gasteiger partial charge on any atom is 0.275 e. The molecule has 0 bridgehead atoms. The number of para-hydroxylation sites is 2. The highest BCUT2D eigenvalue weighted by Crippen LogP contribution is 2.40. The third kappa shape index (κ3) is 6.61. The lowest BCUT2D eigenvalue weighted by atomic mass is 10.0. The van der Waals surface area contributed by atoms with Gasteiger partial charge in [0.25, 0.3) is 5.91 Å². The van der Waals surface area contributed by atoms with Crippen LogP contribution in [-0.4, -0.2) is 43.0 Å². The van der Waals surface area contributed by atoms with E-state index in [0.717, 1.165) is 31.6 Å².